The molecule has 0 N–H and O–H groups in total. The van der Waals surface area contributed by atoms with Crippen molar-refractivity contribution in [3.05, 3.63) is 36.4 Å². The lowest BCUT2D eigenvalue weighted by Crippen LogP contribution is -2.38. The number of fused-ring (bicyclic) bond motifs is 1. The molecule has 118 valence electrons. The van der Waals surface area contributed by atoms with Crippen molar-refractivity contribution in [3.63, 3.8) is 0 Å². The first kappa shape index (κ1) is 15.3. The van der Waals surface area contributed by atoms with Gasteiger partial charge in [0.15, 0.2) is 9.84 Å². The number of sulfone groups is 1. The predicted octanol–water partition coefficient (Wildman–Crippen LogP) is 3.87. The van der Waals surface area contributed by atoms with Crippen LogP contribution in [-0.2, 0) is 9.84 Å². The molecule has 22 heavy (non-hydrogen) atoms. The number of hydrogen-bond donors (Lipinski definition) is 0. The Bertz CT molecular complexity index is 789. The first-order chi connectivity index (χ1) is 10.5. The van der Waals surface area contributed by atoms with E-state index in [-0.39, 0.29) is 5.25 Å². The molecule has 0 spiro atoms. The fourth-order valence-corrected chi connectivity index (χ4v) is 5.86. The lowest BCUT2D eigenvalue weighted by molar-refractivity contribution is 0.307. The molecule has 3 nitrogen and oxygen atoms in total. The van der Waals surface area contributed by atoms with Crippen LogP contribution in [0.2, 0.25) is 0 Å². The second-order valence-corrected chi connectivity index (χ2v) is 8.49. The third-order valence-electron chi connectivity index (χ3n) is 4.90. The van der Waals surface area contributed by atoms with Gasteiger partial charge in [-0.1, -0.05) is 37.6 Å². The molecule has 1 unspecified atom stereocenters. The molecular weight excluding hydrogens is 294 g/mol. The second-order valence-electron chi connectivity index (χ2n) is 6.35. The molecule has 1 saturated carbocycles. The molecule has 0 aliphatic heterocycles. The van der Waals surface area contributed by atoms with Crippen LogP contribution in [0.3, 0.4) is 0 Å². The molecule has 1 aliphatic carbocycles. The summed E-state index contributed by atoms with van der Waals surface area (Å²) < 4.78 is 26.3. The number of benzene rings is 2. The van der Waals surface area contributed by atoms with E-state index in [9.17, 15) is 8.42 Å². The highest BCUT2D eigenvalue weighted by Crippen LogP contribution is 2.41. The SMILES string of the molecule is CC[C@@H]1CCC1S(=O)(=O)c1cccc2cccc(N(C)C)c12. The first-order valence-corrected chi connectivity index (χ1v) is 9.44. The molecule has 3 rings (SSSR count). The Kier molecular flexibility index (Phi) is 3.89. The second kappa shape index (κ2) is 5.58. The molecule has 0 aromatic heterocycles. The molecule has 0 amide bonds. The minimum absolute atomic E-state index is 0.210. The molecule has 2 aromatic rings. The van der Waals surface area contributed by atoms with E-state index in [0.717, 1.165) is 35.7 Å². The van der Waals surface area contributed by atoms with Gasteiger partial charge in [0, 0.05) is 25.2 Å². The van der Waals surface area contributed by atoms with Crippen LogP contribution in [0.1, 0.15) is 26.2 Å². The summed E-state index contributed by atoms with van der Waals surface area (Å²) in [6, 6.07) is 11.6. The molecule has 0 heterocycles. The van der Waals surface area contributed by atoms with Crippen LogP contribution < -0.4 is 4.90 Å². The summed E-state index contributed by atoms with van der Waals surface area (Å²) >= 11 is 0. The summed E-state index contributed by atoms with van der Waals surface area (Å²) in [6.07, 6.45) is 2.77. The van der Waals surface area contributed by atoms with Crippen molar-refractivity contribution in [2.75, 3.05) is 19.0 Å². The van der Waals surface area contributed by atoms with Gasteiger partial charge in [0.25, 0.3) is 0 Å². The molecule has 2 atom stereocenters. The summed E-state index contributed by atoms with van der Waals surface area (Å²) in [5.74, 6) is 0.312. The highest BCUT2D eigenvalue weighted by Gasteiger charge is 2.41. The zero-order valence-corrected chi connectivity index (χ0v) is 14.2. The van der Waals surface area contributed by atoms with Crippen LogP contribution in [0.25, 0.3) is 10.8 Å². The van der Waals surface area contributed by atoms with Gasteiger partial charge in [-0.25, -0.2) is 8.42 Å². The minimum atomic E-state index is -3.27. The fourth-order valence-electron chi connectivity index (χ4n) is 3.47. The van der Waals surface area contributed by atoms with Crippen molar-refractivity contribution in [1.29, 1.82) is 0 Å². The Labute approximate surface area is 132 Å². The van der Waals surface area contributed by atoms with Gasteiger partial charge in [-0.05, 0) is 36.3 Å². The molecule has 2 aromatic carbocycles. The van der Waals surface area contributed by atoms with Gasteiger partial charge in [-0.2, -0.15) is 0 Å². The number of anilines is 1. The van der Waals surface area contributed by atoms with Crippen LogP contribution in [0, 0.1) is 5.92 Å². The van der Waals surface area contributed by atoms with Crippen LogP contribution >= 0.6 is 0 Å². The van der Waals surface area contributed by atoms with E-state index in [1.54, 1.807) is 6.07 Å². The summed E-state index contributed by atoms with van der Waals surface area (Å²) in [5.41, 5.74) is 0.962. The highest BCUT2D eigenvalue weighted by atomic mass is 32.2. The molecule has 0 bridgehead atoms. The maximum Gasteiger partial charge on any atom is 0.182 e. The monoisotopic (exact) mass is 317 g/mol. The van der Waals surface area contributed by atoms with Gasteiger partial charge in [0.05, 0.1) is 10.1 Å². The molecule has 0 radical (unpaired) electrons. The van der Waals surface area contributed by atoms with Crippen LogP contribution in [0.4, 0.5) is 5.69 Å². The van der Waals surface area contributed by atoms with E-state index in [2.05, 4.69) is 6.92 Å². The van der Waals surface area contributed by atoms with Crippen molar-refractivity contribution in [1.82, 2.24) is 0 Å². The summed E-state index contributed by atoms with van der Waals surface area (Å²) in [6.45, 7) is 2.08. The number of hydrogen-bond acceptors (Lipinski definition) is 3. The predicted molar refractivity (Wildman–Crippen MR) is 92.3 cm³/mol. The molecular formula is C18H23NO2S. The maximum atomic E-state index is 13.2. The average molecular weight is 317 g/mol. The van der Waals surface area contributed by atoms with E-state index >= 15 is 0 Å². The normalized spacial score (nSPS) is 21.6. The zero-order valence-electron chi connectivity index (χ0n) is 13.4. The summed E-state index contributed by atoms with van der Waals surface area (Å²) in [7, 11) is 0.637. The smallest absolute Gasteiger partial charge is 0.182 e. The minimum Gasteiger partial charge on any atom is -0.377 e. The van der Waals surface area contributed by atoms with Crippen LogP contribution in [-0.4, -0.2) is 27.8 Å². The zero-order chi connectivity index (χ0) is 15.9. The fraction of sp³-hybridized carbons (Fsp3) is 0.444. The maximum absolute atomic E-state index is 13.2. The van der Waals surface area contributed by atoms with Crippen molar-refractivity contribution < 1.29 is 8.42 Å². The topological polar surface area (TPSA) is 37.4 Å². The lowest BCUT2D eigenvalue weighted by atomic mass is 9.83. The van der Waals surface area contributed by atoms with E-state index in [4.69, 9.17) is 0 Å². The van der Waals surface area contributed by atoms with Crippen molar-refractivity contribution in [2.45, 2.75) is 36.3 Å². The third-order valence-corrected chi connectivity index (χ3v) is 7.27. The van der Waals surface area contributed by atoms with Crippen LogP contribution in [0.15, 0.2) is 41.3 Å². The molecule has 1 fully saturated rings. The standard InChI is InChI=1S/C18H23NO2S/c1-4-13-11-12-16(13)22(20,21)17-10-6-8-14-7-5-9-15(18(14)17)19(2)3/h5-10,13,16H,4,11-12H2,1-3H3/t13-,16?/m1/s1. The largest absolute Gasteiger partial charge is 0.377 e. The van der Waals surface area contributed by atoms with Gasteiger partial charge >= 0.3 is 0 Å². The molecule has 4 heteroatoms. The van der Waals surface area contributed by atoms with E-state index in [1.165, 1.54) is 0 Å². The lowest BCUT2D eigenvalue weighted by Gasteiger charge is -2.35. The molecule has 0 saturated heterocycles. The van der Waals surface area contributed by atoms with Gasteiger partial charge in [0.2, 0.25) is 0 Å². The first-order valence-electron chi connectivity index (χ1n) is 7.89. The van der Waals surface area contributed by atoms with Crippen LogP contribution in [0.5, 0.6) is 0 Å². The summed E-state index contributed by atoms with van der Waals surface area (Å²) in [5, 5.41) is 1.63. The Hall–Kier alpha value is -1.55. The summed E-state index contributed by atoms with van der Waals surface area (Å²) in [4.78, 5) is 2.48. The van der Waals surface area contributed by atoms with Crippen molar-refractivity contribution in [2.24, 2.45) is 5.92 Å². The quantitative estimate of drug-likeness (QED) is 0.859. The molecule has 1 aliphatic rings. The Morgan fingerprint density at radius 3 is 2.32 bits per heavy atom. The van der Waals surface area contributed by atoms with Gasteiger partial charge < -0.3 is 4.90 Å². The number of rotatable bonds is 4. The van der Waals surface area contributed by atoms with Crippen molar-refractivity contribution >= 4 is 26.3 Å². The van der Waals surface area contributed by atoms with Gasteiger partial charge in [-0.15, -0.1) is 0 Å². The van der Waals surface area contributed by atoms with Crippen molar-refractivity contribution in [3.8, 4) is 0 Å². The number of nitrogens with zero attached hydrogens (tertiary/aromatic N) is 1. The van der Waals surface area contributed by atoms with Gasteiger partial charge in [-0.3, -0.25) is 0 Å². The highest BCUT2D eigenvalue weighted by molar-refractivity contribution is 7.92. The Balaban J connectivity index is 2.23. The van der Waals surface area contributed by atoms with Gasteiger partial charge in [0.1, 0.15) is 0 Å². The van der Waals surface area contributed by atoms with E-state index < -0.39 is 9.84 Å². The Morgan fingerprint density at radius 2 is 1.77 bits per heavy atom. The Morgan fingerprint density at radius 1 is 1.09 bits per heavy atom. The average Bonchev–Trinajstić information content (AvgIpc) is 2.44. The third kappa shape index (κ3) is 2.30. The van der Waals surface area contributed by atoms with E-state index in [0.29, 0.717) is 10.8 Å². The van der Waals surface area contributed by atoms with E-state index in [1.807, 2.05) is 49.3 Å².